The molecular weight excluding hydrogens is 373 g/mol. The number of hydrogen-bond acceptors (Lipinski definition) is 3. The number of ether oxygens (including phenoxy) is 1. The van der Waals surface area contributed by atoms with Crippen molar-refractivity contribution in [2.45, 2.75) is 12.6 Å². The molecule has 0 atom stereocenters. The molecule has 0 saturated heterocycles. The number of amides is 2. The van der Waals surface area contributed by atoms with Crippen molar-refractivity contribution in [3.8, 4) is 5.75 Å². The molecule has 0 aliphatic carbocycles. The molecule has 2 aromatic carbocycles. The molecular formula is C17H14ClF3N2O3. The van der Waals surface area contributed by atoms with Gasteiger partial charge >= 0.3 is 6.18 Å². The van der Waals surface area contributed by atoms with Crippen molar-refractivity contribution >= 4 is 34.8 Å². The lowest BCUT2D eigenvalue weighted by atomic mass is 10.2. The van der Waals surface area contributed by atoms with Gasteiger partial charge in [0, 0.05) is 5.69 Å². The van der Waals surface area contributed by atoms with E-state index >= 15 is 0 Å². The summed E-state index contributed by atoms with van der Waals surface area (Å²) in [4.78, 5) is 23.8. The van der Waals surface area contributed by atoms with Crippen LogP contribution in [-0.4, -0.2) is 18.9 Å². The first-order chi connectivity index (χ1) is 12.2. The molecule has 0 fully saturated rings. The first-order valence-electron chi connectivity index (χ1n) is 7.29. The van der Waals surface area contributed by atoms with Crippen LogP contribution in [0.15, 0.2) is 42.5 Å². The van der Waals surface area contributed by atoms with Crippen LogP contribution in [0, 0.1) is 0 Å². The number of anilines is 2. The lowest BCUT2D eigenvalue weighted by molar-refractivity contribution is -0.137. The number of hydrogen-bond donors (Lipinski definition) is 2. The standard InChI is InChI=1S/C17H14ClF3N2O3/c1-26-12-5-3-11(4-6-12)22-15(24)9-16(25)23-14-8-10(17(19,20)21)2-7-13(14)18/h2-8H,9H2,1H3,(H,22,24)(H,23,25). The van der Waals surface area contributed by atoms with Crippen LogP contribution in [0.4, 0.5) is 24.5 Å². The summed E-state index contributed by atoms with van der Waals surface area (Å²) in [6.45, 7) is 0. The number of benzene rings is 2. The van der Waals surface area contributed by atoms with Crippen molar-refractivity contribution in [3.63, 3.8) is 0 Å². The predicted octanol–water partition coefficient (Wildman–Crippen LogP) is 4.33. The third-order valence-electron chi connectivity index (χ3n) is 3.26. The first-order valence-corrected chi connectivity index (χ1v) is 7.67. The highest BCUT2D eigenvalue weighted by molar-refractivity contribution is 6.33. The number of nitrogens with one attached hydrogen (secondary N) is 2. The van der Waals surface area contributed by atoms with Gasteiger partial charge < -0.3 is 15.4 Å². The second kappa shape index (κ2) is 8.09. The predicted molar refractivity (Wildman–Crippen MR) is 91.3 cm³/mol. The second-order valence-electron chi connectivity index (χ2n) is 5.19. The first kappa shape index (κ1) is 19.6. The summed E-state index contributed by atoms with van der Waals surface area (Å²) in [6, 6.07) is 8.94. The van der Waals surface area contributed by atoms with Gasteiger partial charge in [0.15, 0.2) is 0 Å². The molecule has 138 valence electrons. The minimum Gasteiger partial charge on any atom is -0.497 e. The van der Waals surface area contributed by atoms with Crippen LogP contribution in [0.5, 0.6) is 5.75 Å². The Hall–Kier alpha value is -2.74. The number of carbonyl (C=O) groups excluding carboxylic acids is 2. The SMILES string of the molecule is COc1ccc(NC(=O)CC(=O)Nc2cc(C(F)(F)F)ccc2Cl)cc1. The van der Waals surface area contributed by atoms with Crippen LogP contribution in [0.3, 0.4) is 0 Å². The molecule has 0 heterocycles. The minimum absolute atomic E-state index is 0.0677. The molecule has 0 aliphatic rings. The molecule has 0 aromatic heterocycles. The summed E-state index contributed by atoms with van der Waals surface area (Å²) in [5.41, 5.74) is -0.732. The topological polar surface area (TPSA) is 67.4 Å². The van der Waals surface area contributed by atoms with Gasteiger partial charge in [-0.15, -0.1) is 0 Å². The van der Waals surface area contributed by atoms with Crippen molar-refractivity contribution in [1.82, 2.24) is 0 Å². The van der Waals surface area contributed by atoms with E-state index in [0.717, 1.165) is 12.1 Å². The Bertz CT molecular complexity index is 808. The second-order valence-corrected chi connectivity index (χ2v) is 5.60. The average molecular weight is 387 g/mol. The highest BCUT2D eigenvalue weighted by Crippen LogP contribution is 2.33. The summed E-state index contributed by atoms with van der Waals surface area (Å²) in [5, 5.41) is 4.63. The van der Waals surface area contributed by atoms with E-state index in [0.29, 0.717) is 17.5 Å². The molecule has 0 bridgehead atoms. The molecule has 2 aromatic rings. The maximum absolute atomic E-state index is 12.7. The van der Waals surface area contributed by atoms with E-state index in [-0.39, 0.29) is 10.7 Å². The van der Waals surface area contributed by atoms with Crippen molar-refractivity contribution < 1.29 is 27.5 Å². The molecule has 2 amide bonds. The molecule has 2 rings (SSSR count). The Morgan fingerprint density at radius 3 is 2.23 bits per heavy atom. The molecule has 5 nitrogen and oxygen atoms in total. The van der Waals surface area contributed by atoms with Gasteiger partial charge in [-0.25, -0.2) is 0 Å². The van der Waals surface area contributed by atoms with Gasteiger partial charge in [0.25, 0.3) is 0 Å². The maximum Gasteiger partial charge on any atom is 0.416 e. The number of methoxy groups -OCH3 is 1. The van der Waals surface area contributed by atoms with Crippen LogP contribution in [-0.2, 0) is 15.8 Å². The normalized spacial score (nSPS) is 11.0. The molecule has 2 N–H and O–H groups in total. The average Bonchev–Trinajstić information content (AvgIpc) is 2.56. The van der Waals surface area contributed by atoms with Gasteiger partial charge in [0.2, 0.25) is 11.8 Å². The van der Waals surface area contributed by atoms with Crippen molar-refractivity contribution in [1.29, 1.82) is 0 Å². The fourth-order valence-electron chi connectivity index (χ4n) is 2.02. The quantitative estimate of drug-likeness (QED) is 0.751. The molecule has 26 heavy (non-hydrogen) atoms. The Kier molecular flexibility index (Phi) is 6.10. The van der Waals surface area contributed by atoms with Crippen LogP contribution in [0.2, 0.25) is 5.02 Å². The largest absolute Gasteiger partial charge is 0.497 e. The zero-order valence-corrected chi connectivity index (χ0v) is 14.2. The third-order valence-corrected chi connectivity index (χ3v) is 3.59. The summed E-state index contributed by atoms with van der Waals surface area (Å²) in [6.07, 6.45) is -5.16. The Morgan fingerprint density at radius 1 is 1.04 bits per heavy atom. The zero-order valence-electron chi connectivity index (χ0n) is 13.5. The monoisotopic (exact) mass is 386 g/mol. The Balaban J connectivity index is 1.98. The van der Waals surface area contributed by atoms with Gasteiger partial charge in [-0.3, -0.25) is 9.59 Å². The van der Waals surface area contributed by atoms with E-state index in [1.807, 2.05) is 0 Å². The number of rotatable bonds is 5. The molecule has 9 heteroatoms. The highest BCUT2D eigenvalue weighted by Gasteiger charge is 2.31. The van der Waals surface area contributed by atoms with Gasteiger partial charge in [-0.05, 0) is 42.5 Å². The van der Waals surface area contributed by atoms with E-state index in [2.05, 4.69) is 10.6 Å². The minimum atomic E-state index is -4.57. The van der Waals surface area contributed by atoms with E-state index in [1.165, 1.54) is 7.11 Å². The van der Waals surface area contributed by atoms with Crippen LogP contribution < -0.4 is 15.4 Å². The number of halogens is 4. The lowest BCUT2D eigenvalue weighted by Gasteiger charge is -2.12. The van der Waals surface area contributed by atoms with Crippen molar-refractivity contribution in [2.24, 2.45) is 0 Å². The summed E-state index contributed by atoms with van der Waals surface area (Å²) in [7, 11) is 1.50. The molecule has 0 radical (unpaired) electrons. The smallest absolute Gasteiger partial charge is 0.416 e. The Labute approximate surface area is 152 Å². The highest BCUT2D eigenvalue weighted by atomic mass is 35.5. The van der Waals surface area contributed by atoms with Gasteiger partial charge in [0.1, 0.15) is 12.2 Å². The summed E-state index contributed by atoms with van der Waals surface area (Å²) >= 11 is 5.79. The Morgan fingerprint density at radius 2 is 1.65 bits per heavy atom. The van der Waals surface area contributed by atoms with Gasteiger partial charge in [-0.1, -0.05) is 11.6 Å². The summed E-state index contributed by atoms with van der Waals surface area (Å²) < 4.78 is 43.1. The fourth-order valence-corrected chi connectivity index (χ4v) is 2.18. The van der Waals surface area contributed by atoms with Crippen LogP contribution in [0.1, 0.15) is 12.0 Å². The van der Waals surface area contributed by atoms with Crippen molar-refractivity contribution in [2.75, 3.05) is 17.7 Å². The van der Waals surface area contributed by atoms with E-state index < -0.39 is 30.0 Å². The third kappa shape index (κ3) is 5.38. The van der Waals surface area contributed by atoms with Crippen molar-refractivity contribution in [3.05, 3.63) is 53.1 Å². The lowest BCUT2D eigenvalue weighted by Crippen LogP contribution is -2.21. The molecule has 0 unspecified atom stereocenters. The van der Waals surface area contributed by atoms with E-state index in [1.54, 1.807) is 24.3 Å². The molecule has 0 spiro atoms. The molecule has 0 aliphatic heterocycles. The zero-order chi connectivity index (χ0) is 19.3. The van der Waals surface area contributed by atoms with Gasteiger partial charge in [0.05, 0.1) is 23.4 Å². The fraction of sp³-hybridized carbons (Fsp3) is 0.176. The summed E-state index contributed by atoms with van der Waals surface area (Å²) in [5.74, 6) is -0.826. The van der Waals surface area contributed by atoms with Crippen LogP contribution >= 0.6 is 11.6 Å². The number of carbonyl (C=O) groups is 2. The van der Waals surface area contributed by atoms with Gasteiger partial charge in [-0.2, -0.15) is 13.2 Å². The van der Waals surface area contributed by atoms with Crippen LogP contribution in [0.25, 0.3) is 0 Å². The number of alkyl halides is 3. The maximum atomic E-state index is 12.7. The van der Waals surface area contributed by atoms with E-state index in [4.69, 9.17) is 16.3 Å². The molecule has 0 saturated carbocycles. The van der Waals surface area contributed by atoms with E-state index in [9.17, 15) is 22.8 Å².